The Bertz CT molecular complexity index is 224. The Balaban J connectivity index is 4.14. The summed E-state index contributed by atoms with van der Waals surface area (Å²) >= 11 is 0. The van der Waals surface area contributed by atoms with Gasteiger partial charge in [-0.25, -0.2) is 4.28 Å². The van der Waals surface area contributed by atoms with Crippen LogP contribution in [0.15, 0.2) is 5.34 Å². The highest BCUT2D eigenvalue weighted by Gasteiger charge is 2.17. The lowest BCUT2D eigenvalue weighted by molar-refractivity contribution is -0.713. The minimum atomic E-state index is -4.91. The molecule has 0 atom stereocenters. The highest BCUT2D eigenvalue weighted by Crippen LogP contribution is 1.94. The smallest absolute Gasteiger partial charge is 0.211 e. The minimum absolute atomic E-state index is 1.39. The largest absolute Gasteiger partial charge is 0.504 e. The molecule has 9 nitrogen and oxygen atoms in total. The van der Waals surface area contributed by atoms with E-state index in [0.29, 0.717) is 0 Å². The van der Waals surface area contributed by atoms with E-state index in [1.165, 1.54) is 5.34 Å². The average molecular weight is 172 g/mol. The van der Waals surface area contributed by atoms with Gasteiger partial charge in [-0.3, -0.25) is 0 Å². The van der Waals surface area contributed by atoms with E-state index in [1.807, 2.05) is 0 Å². The van der Waals surface area contributed by atoms with Crippen LogP contribution < -0.4 is 0 Å². The Labute approximate surface area is 53.9 Å². The Kier molecular flexibility index (Phi) is 2.49. The maximum atomic E-state index is 9.86. The van der Waals surface area contributed by atoms with Crippen LogP contribution in [-0.4, -0.2) is 13.5 Å². The van der Waals surface area contributed by atoms with Crippen molar-refractivity contribution in [2.45, 2.75) is 0 Å². The van der Waals surface area contributed by atoms with Crippen molar-refractivity contribution in [1.29, 1.82) is 0 Å². The lowest BCUT2D eigenvalue weighted by atomic mass is 13.1. The van der Waals surface area contributed by atoms with Gasteiger partial charge >= 0.3 is 15.5 Å². The number of rotatable bonds is 4. The molecule has 0 saturated carbocycles. The first-order valence-electron chi connectivity index (χ1n) is 1.58. The number of nitrogens with zero attached hydrogens (tertiary/aromatic N) is 2. The van der Waals surface area contributed by atoms with E-state index in [4.69, 9.17) is 4.91 Å². The second-order valence-corrected chi connectivity index (χ2v) is 1.97. The van der Waals surface area contributed by atoms with Crippen molar-refractivity contribution in [3.8, 4) is 0 Å². The minimum Gasteiger partial charge on any atom is -0.211 e. The zero-order valence-electron chi connectivity index (χ0n) is 4.16. The predicted octanol–water partition coefficient (Wildman–Crippen LogP) is -0.863. The van der Waals surface area contributed by atoms with E-state index < -0.39 is 15.5 Å². The maximum Gasteiger partial charge on any atom is 0.504 e. The van der Waals surface area contributed by atoms with Gasteiger partial charge in [0.2, 0.25) is 0 Å². The normalized spacial score (nSPS) is 10.0. The fourth-order valence-electron chi connectivity index (χ4n) is 0.125. The summed E-state index contributed by atoms with van der Waals surface area (Å²) in [6.45, 7) is 0. The van der Waals surface area contributed by atoms with Crippen LogP contribution in [0.4, 0.5) is 0 Å². The summed E-state index contributed by atoms with van der Waals surface area (Å²) in [5.41, 5.74) is 0. The Morgan fingerprint density at radius 2 is 2.00 bits per heavy atom. The third kappa shape index (κ3) is 3.54. The second kappa shape index (κ2) is 2.91. The number of hydrogen-bond donors (Lipinski definition) is 0. The van der Waals surface area contributed by atoms with Gasteiger partial charge in [-0.05, 0) is 0 Å². The van der Waals surface area contributed by atoms with Crippen LogP contribution in [0.1, 0.15) is 0 Å². The molecule has 0 N–H and O–H groups in total. The molecular formula is N2O7S. The molecule has 0 bridgehead atoms. The van der Waals surface area contributed by atoms with Gasteiger partial charge < -0.3 is 0 Å². The van der Waals surface area contributed by atoms with Crippen molar-refractivity contribution in [1.82, 2.24) is 0 Å². The second-order valence-electron chi connectivity index (χ2n) is 0.855. The third-order valence-corrected chi connectivity index (χ3v) is 0.822. The molecular weight excluding hydrogens is 172 g/mol. The summed E-state index contributed by atoms with van der Waals surface area (Å²) < 4.78 is 25.5. The first kappa shape index (κ1) is 8.55. The van der Waals surface area contributed by atoms with E-state index in [2.05, 4.69) is 8.57 Å². The molecule has 0 aromatic carbocycles. The molecule has 10 heteroatoms. The molecule has 0 spiro atoms. The van der Waals surface area contributed by atoms with Crippen LogP contribution in [-0.2, 0) is 19.0 Å². The summed E-state index contributed by atoms with van der Waals surface area (Å²) in [6.07, 6.45) is 0. The van der Waals surface area contributed by atoms with Gasteiger partial charge in [0.05, 0.1) is 0 Å². The Morgan fingerprint density at radius 1 is 1.50 bits per heavy atom. The monoisotopic (exact) mass is 172 g/mol. The highest BCUT2D eigenvalue weighted by molar-refractivity contribution is 7.81. The van der Waals surface area contributed by atoms with Gasteiger partial charge in [0, 0.05) is 0 Å². The first-order chi connectivity index (χ1) is 4.48. The van der Waals surface area contributed by atoms with Crippen LogP contribution in [0.3, 0.4) is 0 Å². The summed E-state index contributed by atoms with van der Waals surface area (Å²) in [7, 11) is -4.91. The molecule has 0 amide bonds. The zero-order valence-corrected chi connectivity index (χ0v) is 4.98. The topological polar surface area (TPSA) is 125 Å². The van der Waals surface area contributed by atoms with Gasteiger partial charge in [-0.2, -0.15) is 8.42 Å². The third-order valence-electron chi connectivity index (χ3n) is 0.274. The van der Waals surface area contributed by atoms with Gasteiger partial charge in [0.1, 0.15) is 0 Å². The molecule has 0 aliphatic heterocycles. The van der Waals surface area contributed by atoms with Gasteiger partial charge in [-0.1, -0.05) is 0 Å². The fraction of sp³-hybridized carbons (Fsp3) is 0. The van der Waals surface area contributed by atoms with E-state index in [-0.39, 0.29) is 0 Å². The van der Waals surface area contributed by atoms with Crippen LogP contribution in [0.5, 0.6) is 0 Å². The van der Waals surface area contributed by atoms with E-state index in [9.17, 15) is 18.5 Å². The average Bonchev–Trinajstić information content (AvgIpc) is 1.59. The predicted molar refractivity (Wildman–Crippen MR) is 23.9 cm³/mol. The molecule has 0 unspecified atom stereocenters. The first-order valence-corrected chi connectivity index (χ1v) is 2.91. The Morgan fingerprint density at radius 3 is 2.30 bits per heavy atom. The van der Waals surface area contributed by atoms with E-state index >= 15 is 0 Å². The van der Waals surface area contributed by atoms with Crippen molar-refractivity contribution in [2.75, 3.05) is 0 Å². The van der Waals surface area contributed by atoms with Crippen LogP contribution in [0, 0.1) is 15.0 Å². The van der Waals surface area contributed by atoms with Crippen LogP contribution >= 0.6 is 0 Å². The standard InChI is InChI=1S/N2O7S/c3-1-8-10(6,7)9-2(4)5. The zero-order chi connectivity index (χ0) is 8.20. The lowest BCUT2D eigenvalue weighted by Crippen LogP contribution is -2.11. The Hall–Kier alpha value is -1.45. The van der Waals surface area contributed by atoms with Crippen LogP contribution in [0.25, 0.3) is 0 Å². The summed E-state index contributed by atoms with van der Waals surface area (Å²) in [4.78, 5) is 18.3. The van der Waals surface area contributed by atoms with Crippen molar-refractivity contribution < 1.29 is 22.1 Å². The lowest BCUT2D eigenvalue weighted by Gasteiger charge is -1.90. The molecule has 58 valence electrons. The molecule has 0 heterocycles. The quantitative estimate of drug-likeness (QED) is 0.306. The van der Waals surface area contributed by atoms with Crippen molar-refractivity contribution in [3.05, 3.63) is 15.0 Å². The maximum absolute atomic E-state index is 9.86. The highest BCUT2D eigenvalue weighted by atomic mass is 32.3. The van der Waals surface area contributed by atoms with Gasteiger partial charge in [0.25, 0.3) is 0 Å². The molecule has 0 radical (unpaired) electrons. The molecule has 0 aromatic rings. The molecule has 0 fully saturated rings. The van der Waals surface area contributed by atoms with E-state index in [0.717, 1.165) is 0 Å². The summed E-state index contributed by atoms with van der Waals surface area (Å²) in [6, 6.07) is 0. The number of hydrogen-bond acceptors (Lipinski definition) is 8. The van der Waals surface area contributed by atoms with Crippen molar-refractivity contribution in [2.24, 2.45) is 5.34 Å². The van der Waals surface area contributed by atoms with E-state index in [1.54, 1.807) is 0 Å². The molecule has 0 aliphatic rings. The molecule has 0 aromatic heterocycles. The molecule has 0 rings (SSSR count). The molecule has 0 aliphatic carbocycles. The van der Waals surface area contributed by atoms with Crippen molar-refractivity contribution >= 4 is 10.4 Å². The van der Waals surface area contributed by atoms with Crippen molar-refractivity contribution in [3.63, 3.8) is 0 Å². The summed E-state index contributed by atoms with van der Waals surface area (Å²) in [5.74, 6) is 0. The molecule has 0 saturated heterocycles. The SMILES string of the molecule is O=NOS(=O)(=O)O[N+](=O)[O-]. The molecule has 10 heavy (non-hydrogen) atoms. The fourth-order valence-corrected chi connectivity index (χ4v) is 0.376. The van der Waals surface area contributed by atoms with Crippen LogP contribution in [0.2, 0.25) is 0 Å². The van der Waals surface area contributed by atoms with Gasteiger partial charge in [0.15, 0.2) is 5.34 Å². The summed E-state index contributed by atoms with van der Waals surface area (Å²) in [5, 5.41) is 9.01. The van der Waals surface area contributed by atoms with Gasteiger partial charge in [-0.15, -0.1) is 19.3 Å².